The number of hydrogen-bond donors (Lipinski definition) is 1. The van der Waals surface area contributed by atoms with Crippen molar-refractivity contribution in [1.82, 2.24) is 0 Å². The summed E-state index contributed by atoms with van der Waals surface area (Å²) in [4.78, 5) is 0.796. The Morgan fingerprint density at radius 1 is 1.17 bits per heavy atom. The molecule has 2 nitrogen and oxygen atoms in total. The van der Waals surface area contributed by atoms with Gasteiger partial charge in [0.05, 0.1) is 16.6 Å². The minimum Gasteiger partial charge on any atom is -0.398 e. The van der Waals surface area contributed by atoms with Crippen molar-refractivity contribution in [2.75, 3.05) is 5.73 Å². The van der Waals surface area contributed by atoms with Crippen LogP contribution in [-0.4, -0.2) is 4.21 Å². The molecule has 1 atom stereocenters. The minimum atomic E-state index is -1.09. The Bertz CT molecular complexity index is 581. The molecule has 18 heavy (non-hydrogen) atoms. The standard InChI is InChI=1S/C14H14ClNOS/c1-10-13(16)3-2-4-14(10)18(17)9-11-5-7-12(15)8-6-11/h2-8H,9,16H2,1H3. The summed E-state index contributed by atoms with van der Waals surface area (Å²) in [6.45, 7) is 1.89. The number of nitrogens with two attached hydrogens (primary N) is 1. The fourth-order valence-corrected chi connectivity index (χ4v) is 3.15. The zero-order chi connectivity index (χ0) is 13.1. The Morgan fingerprint density at radius 3 is 2.50 bits per heavy atom. The summed E-state index contributed by atoms with van der Waals surface area (Å²) in [7, 11) is -1.09. The predicted octanol–water partition coefficient (Wildman–Crippen LogP) is 3.54. The van der Waals surface area contributed by atoms with Crippen molar-refractivity contribution in [1.29, 1.82) is 0 Å². The molecule has 4 heteroatoms. The lowest BCUT2D eigenvalue weighted by Crippen LogP contribution is -2.01. The number of halogens is 1. The van der Waals surface area contributed by atoms with Gasteiger partial charge in [-0.25, -0.2) is 0 Å². The van der Waals surface area contributed by atoms with Crippen LogP contribution in [0.15, 0.2) is 47.4 Å². The fraction of sp³-hybridized carbons (Fsp3) is 0.143. The molecule has 0 fully saturated rings. The largest absolute Gasteiger partial charge is 0.398 e. The average molecular weight is 280 g/mol. The first-order valence-electron chi connectivity index (χ1n) is 5.56. The van der Waals surface area contributed by atoms with E-state index >= 15 is 0 Å². The lowest BCUT2D eigenvalue weighted by molar-refractivity contribution is 0.682. The van der Waals surface area contributed by atoms with E-state index in [1.54, 1.807) is 12.1 Å². The quantitative estimate of drug-likeness (QED) is 0.874. The van der Waals surface area contributed by atoms with E-state index in [0.717, 1.165) is 16.0 Å². The van der Waals surface area contributed by atoms with Gasteiger partial charge in [0.1, 0.15) is 0 Å². The van der Waals surface area contributed by atoms with Crippen LogP contribution in [0.2, 0.25) is 5.02 Å². The van der Waals surface area contributed by atoms with E-state index in [1.165, 1.54) is 0 Å². The molecule has 0 heterocycles. The summed E-state index contributed by atoms with van der Waals surface area (Å²) < 4.78 is 12.3. The lowest BCUT2D eigenvalue weighted by Gasteiger charge is -2.08. The molecule has 0 saturated heterocycles. The molecule has 0 bridgehead atoms. The molecule has 0 aliphatic rings. The Kier molecular flexibility index (Phi) is 4.04. The van der Waals surface area contributed by atoms with Crippen LogP contribution < -0.4 is 5.73 Å². The van der Waals surface area contributed by atoms with Crippen molar-refractivity contribution in [3.8, 4) is 0 Å². The highest BCUT2D eigenvalue weighted by Gasteiger charge is 2.09. The van der Waals surface area contributed by atoms with E-state index in [9.17, 15) is 4.21 Å². The van der Waals surface area contributed by atoms with E-state index in [1.807, 2.05) is 37.3 Å². The summed E-state index contributed by atoms with van der Waals surface area (Å²) >= 11 is 5.82. The third-order valence-electron chi connectivity index (χ3n) is 2.78. The van der Waals surface area contributed by atoms with Crippen LogP contribution in [0, 0.1) is 6.92 Å². The maximum absolute atomic E-state index is 12.3. The van der Waals surface area contributed by atoms with E-state index in [2.05, 4.69) is 0 Å². The molecule has 0 aliphatic carbocycles. The molecule has 0 aliphatic heterocycles. The number of anilines is 1. The van der Waals surface area contributed by atoms with Gasteiger partial charge in [-0.1, -0.05) is 29.8 Å². The van der Waals surface area contributed by atoms with Crippen molar-refractivity contribution in [3.05, 3.63) is 58.6 Å². The zero-order valence-corrected chi connectivity index (χ0v) is 11.6. The Morgan fingerprint density at radius 2 is 1.83 bits per heavy atom. The molecule has 0 spiro atoms. The van der Waals surface area contributed by atoms with Gasteiger partial charge >= 0.3 is 0 Å². The monoisotopic (exact) mass is 279 g/mol. The number of rotatable bonds is 3. The van der Waals surface area contributed by atoms with Crippen LogP contribution in [0.25, 0.3) is 0 Å². The van der Waals surface area contributed by atoms with Gasteiger partial charge in [-0.2, -0.15) is 0 Å². The number of benzene rings is 2. The van der Waals surface area contributed by atoms with Gasteiger partial charge in [-0.05, 0) is 42.3 Å². The first kappa shape index (κ1) is 13.1. The molecular weight excluding hydrogens is 266 g/mol. The van der Waals surface area contributed by atoms with Crippen LogP contribution in [0.1, 0.15) is 11.1 Å². The van der Waals surface area contributed by atoms with E-state index in [4.69, 9.17) is 17.3 Å². The minimum absolute atomic E-state index is 0.474. The zero-order valence-electron chi connectivity index (χ0n) is 10.0. The van der Waals surface area contributed by atoms with Gasteiger partial charge < -0.3 is 5.73 Å². The van der Waals surface area contributed by atoms with Crippen molar-refractivity contribution in [2.24, 2.45) is 0 Å². The van der Waals surface area contributed by atoms with Crippen molar-refractivity contribution >= 4 is 28.1 Å². The molecule has 2 N–H and O–H groups in total. The molecule has 2 rings (SSSR count). The molecule has 0 amide bonds. The van der Waals surface area contributed by atoms with Crippen LogP contribution in [-0.2, 0) is 16.6 Å². The lowest BCUT2D eigenvalue weighted by atomic mass is 10.2. The highest BCUT2D eigenvalue weighted by molar-refractivity contribution is 7.84. The molecule has 1 unspecified atom stereocenters. The van der Waals surface area contributed by atoms with Crippen molar-refractivity contribution in [3.63, 3.8) is 0 Å². The Balaban J connectivity index is 2.22. The van der Waals surface area contributed by atoms with Crippen LogP contribution in [0.3, 0.4) is 0 Å². The van der Waals surface area contributed by atoms with Gasteiger partial charge in [0.15, 0.2) is 0 Å². The molecule has 0 radical (unpaired) electrons. The maximum atomic E-state index is 12.3. The average Bonchev–Trinajstić information content (AvgIpc) is 2.35. The SMILES string of the molecule is Cc1c(N)cccc1S(=O)Cc1ccc(Cl)cc1. The van der Waals surface area contributed by atoms with Crippen LogP contribution >= 0.6 is 11.6 Å². The highest BCUT2D eigenvalue weighted by atomic mass is 35.5. The summed E-state index contributed by atoms with van der Waals surface area (Å²) in [5.74, 6) is 0.474. The van der Waals surface area contributed by atoms with Gasteiger partial charge in [0, 0.05) is 15.6 Å². The molecule has 94 valence electrons. The summed E-state index contributed by atoms with van der Waals surface area (Å²) in [5.41, 5.74) is 8.39. The Labute approximate surface area is 114 Å². The van der Waals surface area contributed by atoms with Gasteiger partial charge in [0.2, 0.25) is 0 Å². The van der Waals surface area contributed by atoms with E-state index < -0.39 is 10.8 Å². The molecule has 0 aromatic heterocycles. The fourth-order valence-electron chi connectivity index (χ4n) is 1.69. The summed E-state index contributed by atoms with van der Waals surface area (Å²) in [5, 5.41) is 0.685. The van der Waals surface area contributed by atoms with Crippen molar-refractivity contribution in [2.45, 2.75) is 17.6 Å². The second-order valence-corrected chi connectivity index (χ2v) is 5.94. The normalized spacial score (nSPS) is 12.3. The first-order chi connectivity index (χ1) is 8.58. The predicted molar refractivity (Wildman–Crippen MR) is 77.2 cm³/mol. The van der Waals surface area contributed by atoms with E-state index in [0.29, 0.717) is 16.5 Å². The molecule has 2 aromatic rings. The number of hydrogen-bond acceptors (Lipinski definition) is 2. The maximum Gasteiger partial charge on any atom is 0.0577 e. The molecular formula is C14H14ClNOS. The number of nitrogen functional groups attached to an aromatic ring is 1. The Hall–Kier alpha value is -1.32. The smallest absolute Gasteiger partial charge is 0.0577 e. The third-order valence-corrected chi connectivity index (χ3v) is 4.56. The molecule has 0 saturated carbocycles. The topological polar surface area (TPSA) is 43.1 Å². The van der Waals surface area contributed by atoms with Gasteiger partial charge in [-0.3, -0.25) is 4.21 Å². The summed E-state index contributed by atoms with van der Waals surface area (Å²) in [6.07, 6.45) is 0. The highest BCUT2D eigenvalue weighted by Crippen LogP contribution is 2.21. The summed E-state index contributed by atoms with van der Waals surface area (Å²) in [6, 6.07) is 12.9. The third kappa shape index (κ3) is 2.92. The van der Waals surface area contributed by atoms with Crippen LogP contribution in [0.4, 0.5) is 5.69 Å². The van der Waals surface area contributed by atoms with E-state index in [-0.39, 0.29) is 0 Å². The van der Waals surface area contributed by atoms with Gasteiger partial charge in [0.25, 0.3) is 0 Å². The molecule has 2 aromatic carbocycles. The first-order valence-corrected chi connectivity index (χ1v) is 7.25. The van der Waals surface area contributed by atoms with Crippen LogP contribution in [0.5, 0.6) is 0 Å². The second kappa shape index (κ2) is 5.55. The second-order valence-electron chi connectivity index (χ2n) is 4.09. The van der Waals surface area contributed by atoms with Gasteiger partial charge in [-0.15, -0.1) is 0 Å². The van der Waals surface area contributed by atoms with Crippen molar-refractivity contribution < 1.29 is 4.21 Å².